The molecule has 1 saturated heterocycles. The molecular formula is C14H26NO2P. The lowest BCUT2D eigenvalue weighted by molar-refractivity contribution is 0.0429. The van der Waals surface area contributed by atoms with Gasteiger partial charge in [-0.05, 0) is 6.42 Å². The fourth-order valence-corrected chi connectivity index (χ4v) is 3.82. The van der Waals surface area contributed by atoms with Crippen LogP contribution in [0.4, 0.5) is 0 Å². The van der Waals surface area contributed by atoms with Gasteiger partial charge in [0, 0.05) is 18.0 Å². The maximum Gasteiger partial charge on any atom is 0.259 e. The Morgan fingerprint density at radius 3 is 2.39 bits per heavy atom. The molecule has 0 N–H and O–H groups in total. The maximum atomic E-state index is 5.91. The molecule has 1 unspecified atom stereocenters. The van der Waals surface area contributed by atoms with Crippen molar-refractivity contribution in [3.8, 4) is 0 Å². The van der Waals surface area contributed by atoms with Crippen LogP contribution in [0.15, 0.2) is 25.3 Å². The second kappa shape index (κ2) is 7.40. The van der Waals surface area contributed by atoms with E-state index in [1.165, 1.54) is 0 Å². The molecule has 1 atom stereocenters. The summed E-state index contributed by atoms with van der Waals surface area (Å²) in [6.07, 6.45) is 6.09. The van der Waals surface area contributed by atoms with Crippen molar-refractivity contribution in [2.75, 3.05) is 19.8 Å². The molecule has 1 aliphatic rings. The molecular weight excluding hydrogens is 245 g/mol. The third-order valence-electron chi connectivity index (χ3n) is 2.90. The summed E-state index contributed by atoms with van der Waals surface area (Å²) in [6, 6.07) is 0.306. The first-order valence-corrected chi connectivity index (χ1v) is 7.73. The highest BCUT2D eigenvalue weighted by atomic mass is 31.2. The Morgan fingerprint density at radius 1 is 1.33 bits per heavy atom. The zero-order valence-corrected chi connectivity index (χ0v) is 12.8. The van der Waals surface area contributed by atoms with E-state index in [-0.39, 0.29) is 5.41 Å². The first kappa shape index (κ1) is 15.8. The van der Waals surface area contributed by atoms with Crippen molar-refractivity contribution in [2.45, 2.75) is 39.7 Å². The van der Waals surface area contributed by atoms with E-state index in [1.807, 2.05) is 12.2 Å². The Labute approximate surface area is 113 Å². The van der Waals surface area contributed by atoms with E-state index in [2.05, 4.69) is 38.6 Å². The number of hydrogen-bond acceptors (Lipinski definition) is 3. The average Bonchev–Trinajstić information content (AvgIpc) is 2.34. The van der Waals surface area contributed by atoms with Crippen LogP contribution in [0, 0.1) is 5.41 Å². The number of nitrogens with zero attached hydrogens (tertiary/aromatic N) is 1. The Bertz CT molecular complexity index is 271. The molecule has 0 aromatic heterocycles. The van der Waals surface area contributed by atoms with Gasteiger partial charge in [0.2, 0.25) is 0 Å². The molecule has 0 aromatic carbocycles. The minimum absolute atomic E-state index is 0.118. The van der Waals surface area contributed by atoms with Crippen LogP contribution in [-0.2, 0) is 9.05 Å². The van der Waals surface area contributed by atoms with Crippen LogP contribution in [0.5, 0.6) is 0 Å². The average molecular weight is 271 g/mol. The van der Waals surface area contributed by atoms with Crippen LogP contribution >= 0.6 is 8.53 Å². The monoisotopic (exact) mass is 271 g/mol. The second-order valence-corrected chi connectivity index (χ2v) is 6.96. The van der Waals surface area contributed by atoms with Gasteiger partial charge in [-0.1, -0.05) is 39.3 Å². The van der Waals surface area contributed by atoms with Crippen molar-refractivity contribution in [1.82, 2.24) is 4.67 Å². The van der Waals surface area contributed by atoms with Crippen LogP contribution in [0.25, 0.3) is 0 Å². The minimum atomic E-state index is -0.965. The number of rotatable bonds is 7. The highest BCUT2D eigenvalue weighted by Crippen LogP contribution is 2.50. The summed E-state index contributed by atoms with van der Waals surface area (Å²) < 4.78 is 14.1. The Kier molecular flexibility index (Phi) is 6.51. The predicted molar refractivity (Wildman–Crippen MR) is 78.4 cm³/mol. The van der Waals surface area contributed by atoms with Crippen LogP contribution in [-0.4, -0.2) is 30.5 Å². The van der Waals surface area contributed by atoms with Crippen molar-refractivity contribution >= 4 is 8.53 Å². The van der Waals surface area contributed by atoms with E-state index in [4.69, 9.17) is 9.05 Å². The molecule has 4 heteroatoms. The van der Waals surface area contributed by atoms with Crippen LogP contribution in [0.2, 0.25) is 0 Å². The molecule has 1 fully saturated rings. The molecule has 0 aromatic rings. The van der Waals surface area contributed by atoms with Crippen molar-refractivity contribution in [3.63, 3.8) is 0 Å². The molecule has 18 heavy (non-hydrogen) atoms. The van der Waals surface area contributed by atoms with E-state index >= 15 is 0 Å². The lowest BCUT2D eigenvalue weighted by Gasteiger charge is -2.40. The lowest BCUT2D eigenvalue weighted by Crippen LogP contribution is -2.36. The molecule has 104 valence electrons. The van der Waals surface area contributed by atoms with E-state index in [0.29, 0.717) is 6.04 Å². The molecule has 0 radical (unpaired) electrons. The smallest absolute Gasteiger partial charge is 0.259 e. The zero-order chi connectivity index (χ0) is 13.6. The quantitative estimate of drug-likeness (QED) is 0.513. The summed E-state index contributed by atoms with van der Waals surface area (Å²) in [6.45, 7) is 16.5. The first-order chi connectivity index (χ1) is 8.54. The normalized spacial score (nSPS) is 21.8. The maximum absolute atomic E-state index is 5.91. The van der Waals surface area contributed by atoms with Crippen LogP contribution < -0.4 is 0 Å². The van der Waals surface area contributed by atoms with Gasteiger partial charge in [-0.3, -0.25) is 0 Å². The second-order valence-electron chi connectivity index (χ2n) is 5.45. The topological polar surface area (TPSA) is 21.7 Å². The van der Waals surface area contributed by atoms with Crippen LogP contribution in [0.1, 0.15) is 33.6 Å². The molecule has 0 amide bonds. The molecule has 0 saturated carbocycles. The van der Waals surface area contributed by atoms with E-state index in [1.54, 1.807) is 0 Å². The fourth-order valence-electron chi connectivity index (χ4n) is 1.83. The predicted octanol–water partition coefficient (Wildman–Crippen LogP) is 4.13. The fraction of sp³-hybridized carbons (Fsp3) is 0.714. The molecule has 0 aliphatic carbocycles. The van der Waals surface area contributed by atoms with E-state index < -0.39 is 8.53 Å². The SMILES string of the molecule is C=CCN(C(C=C)CCC)P1OCC(C)(C)CO1. The Hall–Kier alpha value is -0.210. The summed E-state index contributed by atoms with van der Waals surface area (Å²) in [5.41, 5.74) is 0.118. The van der Waals surface area contributed by atoms with Gasteiger partial charge >= 0.3 is 0 Å². The Morgan fingerprint density at radius 2 is 1.94 bits per heavy atom. The third kappa shape index (κ3) is 4.47. The lowest BCUT2D eigenvalue weighted by atomic mass is 9.97. The van der Waals surface area contributed by atoms with Crippen molar-refractivity contribution in [3.05, 3.63) is 25.3 Å². The summed E-state index contributed by atoms with van der Waals surface area (Å²) in [4.78, 5) is 0. The van der Waals surface area contributed by atoms with Gasteiger partial charge in [0.1, 0.15) is 0 Å². The summed E-state index contributed by atoms with van der Waals surface area (Å²) >= 11 is 0. The minimum Gasteiger partial charge on any atom is -0.321 e. The van der Waals surface area contributed by atoms with Gasteiger partial charge in [-0.2, -0.15) is 0 Å². The third-order valence-corrected chi connectivity index (χ3v) is 4.48. The van der Waals surface area contributed by atoms with Gasteiger partial charge in [0.15, 0.2) is 0 Å². The van der Waals surface area contributed by atoms with E-state index in [9.17, 15) is 0 Å². The van der Waals surface area contributed by atoms with Gasteiger partial charge in [-0.15, -0.1) is 13.2 Å². The highest BCUT2D eigenvalue weighted by Gasteiger charge is 2.34. The van der Waals surface area contributed by atoms with Crippen molar-refractivity contribution in [2.24, 2.45) is 5.41 Å². The van der Waals surface area contributed by atoms with Gasteiger partial charge in [0.05, 0.1) is 13.2 Å². The molecule has 1 aliphatic heterocycles. The van der Waals surface area contributed by atoms with Crippen molar-refractivity contribution < 1.29 is 9.05 Å². The van der Waals surface area contributed by atoms with Gasteiger partial charge in [-0.25, -0.2) is 4.67 Å². The highest BCUT2D eigenvalue weighted by molar-refractivity contribution is 7.44. The van der Waals surface area contributed by atoms with Crippen molar-refractivity contribution in [1.29, 1.82) is 0 Å². The zero-order valence-electron chi connectivity index (χ0n) is 11.9. The molecule has 3 nitrogen and oxygen atoms in total. The van der Waals surface area contributed by atoms with Gasteiger partial charge < -0.3 is 9.05 Å². The summed E-state index contributed by atoms with van der Waals surface area (Å²) in [7, 11) is -0.965. The van der Waals surface area contributed by atoms with Gasteiger partial charge in [0.25, 0.3) is 8.53 Å². The molecule has 0 bridgehead atoms. The molecule has 1 rings (SSSR count). The molecule has 0 spiro atoms. The largest absolute Gasteiger partial charge is 0.321 e. The molecule has 1 heterocycles. The Balaban J connectivity index is 2.66. The summed E-state index contributed by atoms with van der Waals surface area (Å²) in [5.74, 6) is 0. The van der Waals surface area contributed by atoms with E-state index in [0.717, 1.165) is 32.6 Å². The number of hydrogen-bond donors (Lipinski definition) is 0. The first-order valence-electron chi connectivity index (χ1n) is 6.60. The standard InChI is InChI=1S/C14H26NO2P/c1-6-9-13(8-3)15(10-7-2)18-16-11-14(4,5)12-17-18/h7-8,13H,2-3,6,9-12H2,1,4-5H3. The summed E-state index contributed by atoms with van der Waals surface area (Å²) in [5, 5.41) is 0. The van der Waals surface area contributed by atoms with Crippen LogP contribution in [0.3, 0.4) is 0 Å².